The third-order valence-corrected chi connectivity index (χ3v) is 4.83. The summed E-state index contributed by atoms with van der Waals surface area (Å²) >= 11 is 0. The number of nitrogens with one attached hydrogen (secondary N) is 1. The summed E-state index contributed by atoms with van der Waals surface area (Å²) in [4.78, 5) is 2.56. The molecule has 1 fully saturated rings. The van der Waals surface area contributed by atoms with E-state index in [0.29, 0.717) is 0 Å². The van der Waals surface area contributed by atoms with Crippen LogP contribution in [-0.2, 0) is 6.54 Å². The molecule has 0 bridgehead atoms. The van der Waals surface area contributed by atoms with Gasteiger partial charge in [-0.1, -0.05) is 43.7 Å². The Morgan fingerprint density at radius 2 is 1.80 bits per heavy atom. The third-order valence-electron chi connectivity index (χ3n) is 4.83. The van der Waals surface area contributed by atoms with E-state index in [1.165, 1.54) is 37.7 Å². The lowest BCUT2D eigenvalue weighted by Crippen LogP contribution is -2.39. The third kappa shape index (κ3) is 4.92. The van der Waals surface area contributed by atoms with Crippen LogP contribution in [0.3, 0.4) is 0 Å². The number of hydrogen-bond donors (Lipinski definition) is 1. The Kier molecular flexibility index (Phi) is 6.55. The standard InChI is InChI=1S/C18H30N2/c1-3-16-9-11-18(12-10-16)20(2)14-13-19-15-17-7-5-4-6-8-17/h4-8,16,18-19H,3,9-15H2,1-2H3. The highest BCUT2D eigenvalue weighted by atomic mass is 15.1. The van der Waals surface area contributed by atoms with Crippen LogP contribution in [0.5, 0.6) is 0 Å². The van der Waals surface area contributed by atoms with Crippen LogP contribution in [0.1, 0.15) is 44.6 Å². The molecule has 1 aromatic rings. The maximum absolute atomic E-state index is 3.55. The van der Waals surface area contributed by atoms with E-state index in [-0.39, 0.29) is 0 Å². The number of nitrogens with zero attached hydrogens (tertiary/aromatic N) is 1. The van der Waals surface area contributed by atoms with E-state index in [9.17, 15) is 0 Å². The molecule has 0 saturated heterocycles. The molecule has 1 saturated carbocycles. The molecule has 0 atom stereocenters. The zero-order valence-electron chi connectivity index (χ0n) is 13.1. The quantitative estimate of drug-likeness (QED) is 0.763. The van der Waals surface area contributed by atoms with Gasteiger partial charge in [-0.25, -0.2) is 0 Å². The molecular weight excluding hydrogens is 244 g/mol. The van der Waals surface area contributed by atoms with E-state index in [0.717, 1.165) is 31.6 Å². The Morgan fingerprint density at radius 1 is 1.10 bits per heavy atom. The smallest absolute Gasteiger partial charge is 0.0206 e. The minimum absolute atomic E-state index is 0.816. The van der Waals surface area contributed by atoms with E-state index in [1.807, 2.05) is 0 Å². The molecule has 1 aromatic carbocycles. The number of likely N-dealkylation sites (N-methyl/N-ethyl adjacent to an activating group) is 1. The maximum atomic E-state index is 3.55. The van der Waals surface area contributed by atoms with Crippen molar-refractivity contribution in [2.45, 2.75) is 51.6 Å². The first-order chi connectivity index (χ1) is 9.79. The van der Waals surface area contributed by atoms with Crippen LogP contribution in [0.25, 0.3) is 0 Å². The Bertz CT molecular complexity index is 355. The Hall–Kier alpha value is -0.860. The van der Waals surface area contributed by atoms with Gasteiger partial charge in [0.2, 0.25) is 0 Å². The molecule has 1 aliphatic rings. The van der Waals surface area contributed by atoms with Crippen LogP contribution >= 0.6 is 0 Å². The maximum Gasteiger partial charge on any atom is 0.0206 e. The molecule has 2 nitrogen and oxygen atoms in total. The van der Waals surface area contributed by atoms with Crippen LogP contribution in [0.15, 0.2) is 30.3 Å². The summed E-state index contributed by atoms with van der Waals surface area (Å²) in [5.41, 5.74) is 1.37. The van der Waals surface area contributed by atoms with Crippen molar-refractivity contribution in [3.63, 3.8) is 0 Å². The van der Waals surface area contributed by atoms with Gasteiger partial charge in [-0.05, 0) is 44.2 Å². The molecule has 20 heavy (non-hydrogen) atoms. The van der Waals surface area contributed by atoms with Gasteiger partial charge in [-0.15, -0.1) is 0 Å². The monoisotopic (exact) mass is 274 g/mol. The van der Waals surface area contributed by atoms with Crippen molar-refractivity contribution in [3.8, 4) is 0 Å². The van der Waals surface area contributed by atoms with Crippen molar-refractivity contribution in [2.24, 2.45) is 5.92 Å². The molecule has 2 heteroatoms. The second-order valence-corrected chi connectivity index (χ2v) is 6.23. The average molecular weight is 274 g/mol. The SMILES string of the molecule is CCC1CCC(N(C)CCNCc2ccccc2)CC1. The van der Waals surface area contributed by atoms with Gasteiger partial charge < -0.3 is 10.2 Å². The largest absolute Gasteiger partial charge is 0.311 e. The van der Waals surface area contributed by atoms with Gasteiger partial charge in [0, 0.05) is 25.7 Å². The normalized spacial score (nSPS) is 23.1. The van der Waals surface area contributed by atoms with E-state index >= 15 is 0 Å². The lowest BCUT2D eigenvalue weighted by atomic mass is 9.84. The molecule has 1 aliphatic carbocycles. The first-order valence-corrected chi connectivity index (χ1v) is 8.24. The van der Waals surface area contributed by atoms with Gasteiger partial charge in [-0.3, -0.25) is 0 Å². The fraction of sp³-hybridized carbons (Fsp3) is 0.667. The Balaban J connectivity index is 1.59. The van der Waals surface area contributed by atoms with Gasteiger partial charge in [0.1, 0.15) is 0 Å². The zero-order chi connectivity index (χ0) is 14.2. The van der Waals surface area contributed by atoms with E-state index in [2.05, 4.69) is 54.5 Å². The number of benzene rings is 1. The summed E-state index contributed by atoms with van der Waals surface area (Å²) in [6.45, 7) is 5.56. The second kappa shape index (κ2) is 8.43. The number of rotatable bonds is 7. The van der Waals surface area contributed by atoms with Crippen LogP contribution in [0, 0.1) is 5.92 Å². The van der Waals surface area contributed by atoms with E-state index < -0.39 is 0 Å². The molecule has 0 heterocycles. The highest BCUT2D eigenvalue weighted by molar-refractivity contribution is 5.14. The molecule has 0 spiro atoms. The summed E-state index contributed by atoms with van der Waals surface area (Å²) < 4.78 is 0. The van der Waals surface area contributed by atoms with Crippen molar-refractivity contribution in [1.29, 1.82) is 0 Å². The van der Waals surface area contributed by atoms with Crippen molar-refractivity contribution < 1.29 is 0 Å². The Morgan fingerprint density at radius 3 is 2.45 bits per heavy atom. The summed E-state index contributed by atoms with van der Waals surface area (Å²) in [5.74, 6) is 0.996. The average Bonchev–Trinajstić information content (AvgIpc) is 2.52. The lowest BCUT2D eigenvalue weighted by molar-refractivity contribution is 0.164. The zero-order valence-corrected chi connectivity index (χ0v) is 13.1. The van der Waals surface area contributed by atoms with Gasteiger partial charge in [0.25, 0.3) is 0 Å². The summed E-state index contributed by atoms with van der Waals surface area (Å²) in [7, 11) is 2.29. The molecule has 2 rings (SSSR count). The summed E-state index contributed by atoms with van der Waals surface area (Å²) in [6, 6.07) is 11.5. The van der Waals surface area contributed by atoms with Crippen LogP contribution in [0.2, 0.25) is 0 Å². The van der Waals surface area contributed by atoms with Crippen LogP contribution in [0.4, 0.5) is 0 Å². The Labute approximate surface area is 124 Å². The number of hydrogen-bond acceptors (Lipinski definition) is 2. The molecule has 0 radical (unpaired) electrons. The van der Waals surface area contributed by atoms with Crippen molar-refractivity contribution in [1.82, 2.24) is 10.2 Å². The fourth-order valence-electron chi connectivity index (χ4n) is 3.26. The minimum Gasteiger partial charge on any atom is -0.311 e. The van der Waals surface area contributed by atoms with Crippen molar-refractivity contribution in [2.75, 3.05) is 20.1 Å². The molecule has 0 aromatic heterocycles. The molecule has 0 amide bonds. The second-order valence-electron chi connectivity index (χ2n) is 6.23. The van der Waals surface area contributed by atoms with Crippen molar-refractivity contribution >= 4 is 0 Å². The first-order valence-electron chi connectivity index (χ1n) is 8.24. The highest BCUT2D eigenvalue weighted by Crippen LogP contribution is 2.28. The lowest BCUT2D eigenvalue weighted by Gasteiger charge is -2.34. The molecular formula is C18H30N2. The van der Waals surface area contributed by atoms with Crippen LogP contribution in [-0.4, -0.2) is 31.1 Å². The first kappa shape index (κ1) is 15.5. The van der Waals surface area contributed by atoms with Crippen LogP contribution < -0.4 is 5.32 Å². The molecule has 112 valence electrons. The molecule has 1 N–H and O–H groups in total. The van der Waals surface area contributed by atoms with Gasteiger partial charge in [-0.2, -0.15) is 0 Å². The van der Waals surface area contributed by atoms with Gasteiger partial charge in [0.15, 0.2) is 0 Å². The predicted octanol–water partition coefficient (Wildman–Crippen LogP) is 3.68. The topological polar surface area (TPSA) is 15.3 Å². The summed E-state index contributed by atoms with van der Waals surface area (Å²) in [5, 5.41) is 3.55. The summed E-state index contributed by atoms with van der Waals surface area (Å²) in [6.07, 6.45) is 7.03. The minimum atomic E-state index is 0.816. The molecule has 0 aliphatic heterocycles. The highest BCUT2D eigenvalue weighted by Gasteiger charge is 2.22. The van der Waals surface area contributed by atoms with Gasteiger partial charge in [0.05, 0.1) is 0 Å². The van der Waals surface area contributed by atoms with E-state index in [4.69, 9.17) is 0 Å². The fourth-order valence-corrected chi connectivity index (χ4v) is 3.26. The molecule has 0 unspecified atom stereocenters. The van der Waals surface area contributed by atoms with Crippen molar-refractivity contribution in [3.05, 3.63) is 35.9 Å². The predicted molar refractivity (Wildman–Crippen MR) is 86.8 cm³/mol. The van der Waals surface area contributed by atoms with Gasteiger partial charge >= 0.3 is 0 Å². The van der Waals surface area contributed by atoms with E-state index in [1.54, 1.807) is 0 Å².